The van der Waals surface area contributed by atoms with E-state index in [4.69, 9.17) is 9.47 Å². The fourth-order valence-corrected chi connectivity index (χ4v) is 2.69. The SMILES string of the molecule is CCc1ccc(OC(C)C(=O)NCCOc2ccc(-c3ccccc3)nn2)cc1. The Morgan fingerprint density at radius 1 is 1.00 bits per heavy atom. The van der Waals surface area contributed by atoms with Gasteiger partial charge < -0.3 is 14.8 Å². The zero-order chi connectivity index (χ0) is 20.5. The Hall–Kier alpha value is -3.41. The van der Waals surface area contributed by atoms with E-state index < -0.39 is 6.10 Å². The highest BCUT2D eigenvalue weighted by Crippen LogP contribution is 2.17. The van der Waals surface area contributed by atoms with Gasteiger partial charge in [0.15, 0.2) is 6.10 Å². The molecule has 1 N–H and O–H groups in total. The third-order valence-electron chi connectivity index (χ3n) is 4.37. The quantitative estimate of drug-likeness (QED) is 0.564. The van der Waals surface area contributed by atoms with Gasteiger partial charge in [-0.25, -0.2) is 0 Å². The van der Waals surface area contributed by atoms with Crippen LogP contribution in [0.5, 0.6) is 11.6 Å². The summed E-state index contributed by atoms with van der Waals surface area (Å²) in [6, 6.07) is 21.2. The number of ether oxygens (including phenoxy) is 2. The molecule has 0 radical (unpaired) electrons. The molecule has 0 fully saturated rings. The second-order valence-corrected chi connectivity index (χ2v) is 6.52. The van der Waals surface area contributed by atoms with Crippen molar-refractivity contribution < 1.29 is 14.3 Å². The number of aromatic nitrogens is 2. The molecule has 0 bridgehead atoms. The number of carbonyl (C=O) groups excluding carboxylic acids is 1. The summed E-state index contributed by atoms with van der Waals surface area (Å²) in [5.41, 5.74) is 3.01. The van der Waals surface area contributed by atoms with Gasteiger partial charge in [0.2, 0.25) is 5.88 Å². The third-order valence-corrected chi connectivity index (χ3v) is 4.37. The monoisotopic (exact) mass is 391 g/mol. The highest BCUT2D eigenvalue weighted by Gasteiger charge is 2.14. The van der Waals surface area contributed by atoms with Crippen molar-refractivity contribution in [3.05, 3.63) is 72.3 Å². The van der Waals surface area contributed by atoms with Gasteiger partial charge in [-0.1, -0.05) is 49.4 Å². The molecule has 2 aromatic carbocycles. The molecule has 0 aliphatic rings. The van der Waals surface area contributed by atoms with E-state index in [9.17, 15) is 4.79 Å². The maximum absolute atomic E-state index is 12.2. The molecule has 0 saturated heterocycles. The summed E-state index contributed by atoms with van der Waals surface area (Å²) in [4.78, 5) is 12.2. The van der Waals surface area contributed by atoms with Crippen molar-refractivity contribution in [3.63, 3.8) is 0 Å². The Morgan fingerprint density at radius 2 is 1.76 bits per heavy atom. The minimum Gasteiger partial charge on any atom is -0.481 e. The van der Waals surface area contributed by atoms with Gasteiger partial charge in [-0.3, -0.25) is 4.79 Å². The average Bonchev–Trinajstić information content (AvgIpc) is 2.78. The molecular weight excluding hydrogens is 366 g/mol. The average molecular weight is 391 g/mol. The third kappa shape index (κ3) is 6.04. The maximum Gasteiger partial charge on any atom is 0.260 e. The summed E-state index contributed by atoms with van der Waals surface area (Å²) in [6.07, 6.45) is 0.378. The summed E-state index contributed by atoms with van der Waals surface area (Å²) >= 11 is 0. The van der Waals surface area contributed by atoms with Gasteiger partial charge in [0.1, 0.15) is 12.4 Å². The molecule has 1 aromatic heterocycles. The summed E-state index contributed by atoms with van der Waals surface area (Å²) in [7, 11) is 0. The number of nitrogens with zero attached hydrogens (tertiary/aromatic N) is 2. The summed E-state index contributed by atoms with van der Waals surface area (Å²) in [5, 5.41) is 11.0. The maximum atomic E-state index is 12.2. The zero-order valence-corrected chi connectivity index (χ0v) is 16.7. The predicted molar refractivity (Wildman–Crippen MR) is 112 cm³/mol. The zero-order valence-electron chi connectivity index (χ0n) is 16.7. The van der Waals surface area contributed by atoms with Gasteiger partial charge in [0.25, 0.3) is 5.91 Å². The number of rotatable bonds is 9. The standard InChI is InChI=1S/C23H25N3O3/c1-3-18-9-11-20(12-10-18)29-17(2)23(27)24-15-16-28-22-14-13-21(25-26-22)19-7-5-4-6-8-19/h4-14,17H,3,15-16H2,1-2H3,(H,24,27). The first-order valence-electron chi connectivity index (χ1n) is 9.71. The number of nitrogens with one attached hydrogen (secondary N) is 1. The van der Waals surface area contributed by atoms with Crippen LogP contribution in [0.15, 0.2) is 66.7 Å². The van der Waals surface area contributed by atoms with Crippen molar-refractivity contribution in [1.29, 1.82) is 0 Å². The number of amides is 1. The summed E-state index contributed by atoms with van der Waals surface area (Å²) < 4.78 is 11.2. The molecular formula is C23H25N3O3. The van der Waals surface area contributed by atoms with Crippen LogP contribution in [0.3, 0.4) is 0 Å². The van der Waals surface area contributed by atoms with Gasteiger partial charge in [0, 0.05) is 11.6 Å². The minimum absolute atomic E-state index is 0.196. The highest BCUT2D eigenvalue weighted by molar-refractivity contribution is 5.80. The van der Waals surface area contributed by atoms with Crippen molar-refractivity contribution in [1.82, 2.24) is 15.5 Å². The van der Waals surface area contributed by atoms with Crippen molar-refractivity contribution in [2.24, 2.45) is 0 Å². The molecule has 6 nitrogen and oxygen atoms in total. The number of carbonyl (C=O) groups is 1. The smallest absolute Gasteiger partial charge is 0.260 e. The molecule has 0 spiro atoms. The fraction of sp³-hybridized carbons (Fsp3) is 0.261. The van der Waals surface area contributed by atoms with Crippen LogP contribution in [0.2, 0.25) is 0 Å². The van der Waals surface area contributed by atoms with Crippen LogP contribution in [-0.2, 0) is 11.2 Å². The van der Waals surface area contributed by atoms with Crippen molar-refractivity contribution in [2.75, 3.05) is 13.2 Å². The van der Waals surface area contributed by atoms with Crippen LogP contribution in [0, 0.1) is 0 Å². The second-order valence-electron chi connectivity index (χ2n) is 6.52. The number of hydrogen-bond donors (Lipinski definition) is 1. The topological polar surface area (TPSA) is 73.3 Å². The first-order chi connectivity index (χ1) is 14.2. The predicted octanol–water partition coefficient (Wildman–Crippen LogP) is 3.67. The normalized spacial score (nSPS) is 11.5. The van der Waals surface area contributed by atoms with Crippen LogP contribution < -0.4 is 14.8 Å². The van der Waals surface area contributed by atoms with Crippen molar-refractivity contribution in [3.8, 4) is 22.9 Å². The Balaban J connectivity index is 1.39. The molecule has 1 heterocycles. The van der Waals surface area contributed by atoms with Gasteiger partial charge in [0.05, 0.1) is 12.2 Å². The van der Waals surface area contributed by atoms with Gasteiger partial charge in [-0.2, -0.15) is 0 Å². The van der Waals surface area contributed by atoms with Crippen LogP contribution in [0.4, 0.5) is 0 Å². The summed E-state index contributed by atoms with van der Waals surface area (Å²) in [6.45, 7) is 4.46. The lowest BCUT2D eigenvalue weighted by Gasteiger charge is -2.15. The van der Waals surface area contributed by atoms with Crippen molar-refractivity contribution >= 4 is 5.91 Å². The van der Waals surface area contributed by atoms with E-state index in [2.05, 4.69) is 22.4 Å². The van der Waals surface area contributed by atoms with Crippen LogP contribution in [-0.4, -0.2) is 35.4 Å². The van der Waals surface area contributed by atoms with E-state index in [-0.39, 0.29) is 5.91 Å². The van der Waals surface area contributed by atoms with E-state index in [0.717, 1.165) is 17.7 Å². The fourth-order valence-electron chi connectivity index (χ4n) is 2.69. The molecule has 3 aromatic rings. The number of benzene rings is 2. The minimum atomic E-state index is -0.590. The molecule has 150 valence electrons. The molecule has 6 heteroatoms. The molecule has 3 rings (SSSR count). The first-order valence-corrected chi connectivity index (χ1v) is 9.71. The van der Waals surface area contributed by atoms with Gasteiger partial charge in [-0.05, 0) is 37.1 Å². The molecule has 0 saturated carbocycles. The number of aryl methyl sites for hydroxylation is 1. The molecule has 0 aliphatic carbocycles. The summed E-state index contributed by atoms with van der Waals surface area (Å²) in [5.74, 6) is 0.896. The largest absolute Gasteiger partial charge is 0.481 e. The Morgan fingerprint density at radius 3 is 2.41 bits per heavy atom. The Bertz CT molecular complexity index is 897. The van der Waals surface area contributed by atoms with Crippen LogP contribution >= 0.6 is 0 Å². The lowest BCUT2D eigenvalue weighted by Crippen LogP contribution is -2.38. The van der Waals surface area contributed by atoms with Crippen LogP contribution in [0.1, 0.15) is 19.4 Å². The van der Waals surface area contributed by atoms with E-state index in [0.29, 0.717) is 24.8 Å². The Labute approximate surface area is 170 Å². The number of hydrogen-bond acceptors (Lipinski definition) is 5. The molecule has 1 atom stereocenters. The van der Waals surface area contributed by atoms with Crippen LogP contribution in [0.25, 0.3) is 11.3 Å². The van der Waals surface area contributed by atoms with E-state index in [1.807, 2.05) is 60.7 Å². The van der Waals surface area contributed by atoms with Gasteiger partial charge >= 0.3 is 0 Å². The lowest BCUT2D eigenvalue weighted by atomic mass is 10.1. The van der Waals surface area contributed by atoms with Gasteiger partial charge in [-0.15, -0.1) is 10.2 Å². The molecule has 29 heavy (non-hydrogen) atoms. The Kier molecular flexibility index (Phi) is 7.16. The van der Waals surface area contributed by atoms with E-state index in [1.54, 1.807) is 13.0 Å². The highest BCUT2D eigenvalue weighted by atomic mass is 16.5. The molecule has 1 unspecified atom stereocenters. The van der Waals surface area contributed by atoms with E-state index in [1.165, 1.54) is 5.56 Å². The van der Waals surface area contributed by atoms with Crippen molar-refractivity contribution in [2.45, 2.75) is 26.4 Å². The second kappa shape index (κ2) is 10.2. The lowest BCUT2D eigenvalue weighted by molar-refractivity contribution is -0.127. The first kappa shape index (κ1) is 20.3. The molecule has 1 amide bonds. The van der Waals surface area contributed by atoms with E-state index >= 15 is 0 Å². The molecule has 0 aliphatic heterocycles.